The van der Waals surface area contributed by atoms with Crippen LogP contribution in [0.3, 0.4) is 0 Å². The number of allylic oxidation sites excluding steroid dienone is 1. The minimum absolute atomic E-state index is 0.0729. The minimum Gasteiger partial charge on any atom is -0.390 e. The number of pyridine rings is 1. The number of anilines is 1. The summed E-state index contributed by atoms with van der Waals surface area (Å²) in [6.07, 6.45) is 11.3. The molecule has 1 heterocycles. The third kappa shape index (κ3) is 4.55. The van der Waals surface area contributed by atoms with Gasteiger partial charge in [0.2, 0.25) is 0 Å². The van der Waals surface area contributed by atoms with Crippen molar-refractivity contribution >= 4 is 17.7 Å². The Labute approximate surface area is 208 Å². The lowest BCUT2D eigenvalue weighted by molar-refractivity contribution is -0.0475. The average Bonchev–Trinajstić information content (AvgIpc) is 3.02. The molecule has 1 fully saturated rings. The van der Waals surface area contributed by atoms with E-state index in [0.717, 1.165) is 55.5 Å². The second-order valence-electron chi connectivity index (χ2n) is 10.3. The van der Waals surface area contributed by atoms with Crippen molar-refractivity contribution in [1.29, 1.82) is 0 Å². The van der Waals surface area contributed by atoms with E-state index in [2.05, 4.69) is 65.8 Å². The maximum Gasteiger partial charge on any atom is 0.255 e. The van der Waals surface area contributed by atoms with Crippen molar-refractivity contribution in [2.75, 3.05) is 5.32 Å². The van der Waals surface area contributed by atoms with Crippen molar-refractivity contribution in [3.05, 3.63) is 101 Å². The van der Waals surface area contributed by atoms with Crippen LogP contribution >= 0.6 is 0 Å². The quantitative estimate of drug-likeness (QED) is 0.452. The normalized spacial score (nSPS) is 25.3. The predicted octanol–water partition coefficient (Wildman–Crippen LogP) is 6.48. The molecular weight excluding hydrogens is 432 g/mol. The summed E-state index contributed by atoms with van der Waals surface area (Å²) >= 11 is 0. The van der Waals surface area contributed by atoms with E-state index in [0.29, 0.717) is 11.5 Å². The highest BCUT2D eigenvalue weighted by Gasteiger charge is 2.49. The van der Waals surface area contributed by atoms with E-state index in [-0.39, 0.29) is 11.3 Å². The number of aryl methyl sites for hydroxylation is 1. The zero-order valence-electron chi connectivity index (χ0n) is 20.6. The summed E-state index contributed by atoms with van der Waals surface area (Å²) < 4.78 is 0. The Morgan fingerprint density at radius 3 is 2.71 bits per heavy atom. The van der Waals surface area contributed by atoms with Crippen molar-refractivity contribution in [2.45, 2.75) is 63.4 Å². The molecule has 1 saturated carbocycles. The molecule has 0 unspecified atom stereocenters. The largest absolute Gasteiger partial charge is 0.390 e. The number of aromatic nitrogens is 1. The van der Waals surface area contributed by atoms with E-state index in [1.165, 1.54) is 11.1 Å². The van der Waals surface area contributed by atoms with Crippen molar-refractivity contribution < 1.29 is 9.90 Å². The van der Waals surface area contributed by atoms with Crippen LogP contribution < -0.4 is 5.32 Å². The third-order valence-electron chi connectivity index (χ3n) is 8.29. The molecule has 4 nitrogen and oxygen atoms in total. The Kier molecular flexibility index (Phi) is 6.33. The second-order valence-corrected chi connectivity index (χ2v) is 10.3. The average molecular weight is 467 g/mol. The summed E-state index contributed by atoms with van der Waals surface area (Å²) in [5.41, 5.74) is 5.24. The van der Waals surface area contributed by atoms with Gasteiger partial charge in [-0.05, 0) is 92.3 Å². The molecule has 35 heavy (non-hydrogen) atoms. The van der Waals surface area contributed by atoms with Crippen LogP contribution in [-0.4, -0.2) is 21.6 Å². The number of nitrogens with zero attached hydrogens (tertiary/aromatic N) is 1. The Balaban J connectivity index is 1.53. The van der Waals surface area contributed by atoms with Gasteiger partial charge in [0.25, 0.3) is 5.91 Å². The Hall–Kier alpha value is -3.24. The molecule has 5 rings (SSSR count). The molecule has 3 atom stereocenters. The molecule has 2 aliphatic rings. The number of nitrogens with one attached hydrogen (secondary N) is 1. The summed E-state index contributed by atoms with van der Waals surface area (Å²) in [6, 6.07) is 20.6. The fraction of sp³-hybridized carbons (Fsp3) is 0.355. The molecule has 3 aromatic rings. The summed E-state index contributed by atoms with van der Waals surface area (Å²) in [6.45, 7) is 3.99. The van der Waals surface area contributed by atoms with Gasteiger partial charge in [-0.1, -0.05) is 55.5 Å². The molecule has 0 radical (unpaired) electrons. The standard InChI is InChI=1S/C31H34N2O2/c1-3-30(35)16-17-31(20-23-9-5-4-6-10-23)26(21-30)12-7-11-24-19-25(14-15-27(24)31)29(34)33-28-13-8-18-32-22(28)2/h4-11,13-15,18-19,26,35H,3,12,16-17,20-21H2,1-2H3,(H,33,34)/t26-,30+,31-/m0/s1. The van der Waals surface area contributed by atoms with Crippen molar-refractivity contribution in [3.63, 3.8) is 0 Å². The number of aliphatic hydroxyl groups is 1. The van der Waals surface area contributed by atoms with Gasteiger partial charge in [0, 0.05) is 17.2 Å². The van der Waals surface area contributed by atoms with Gasteiger partial charge < -0.3 is 10.4 Å². The fourth-order valence-corrected chi connectivity index (χ4v) is 6.15. The topological polar surface area (TPSA) is 62.2 Å². The molecular formula is C31H34N2O2. The smallest absolute Gasteiger partial charge is 0.255 e. The Morgan fingerprint density at radius 2 is 1.94 bits per heavy atom. The molecule has 1 aromatic heterocycles. The van der Waals surface area contributed by atoms with E-state index < -0.39 is 5.60 Å². The van der Waals surface area contributed by atoms with E-state index >= 15 is 0 Å². The number of hydrogen-bond acceptors (Lipinski definition) is 3. The molecule has 2 N–H and O–H groups in total. The van der Waals surface area contributed by atoms with E-state index in [1.54, 1.807) is 6.20 Å². The van der Waals surface area contributed by atoms with Crippen LogP contribution in [0.1, 0.15) is 71.8 Å². The first kappa shape index (κ1) is 23.5. The van der Waals surface area contributed by atoms with Gasteiger partial charge in [-0.15, -0.1) is 0 Å². The third-order valence-corrected chi connectivity index (χ3v) is 8.29. The number of hydrogen-bond donors (Lipinski definition) is 2. The number of fused-ring (bicyclic) bond motifs is 3. The van der Waals surface area contributed by atoms with Crippen LogP contribution in [0.15, 0.2) is 72.9 Å². The second kappa shape index (κ2) is 9.43. The molecule has 2 aromatic carbocycles. The molecule has 2 aliphatic carbocycles. The Bertz CT molecular complexity index is 1250. The maximum atomic E-state index is 13.1. The SMILES string of the molecule is CC[C@@]1(O)CC[C@@]2(Cc3ccccc3)c3ccc(C(=O)Nc4cccnc4C)cc3C=CC[C@H]2C1. The zero-order valence-corrected chi connectivity index (χ0v) is 20.6. The van der Waals surface area contributed by atoms with E-state index in [9.17, 15) is 9.90 Å². The van der Waals surface area contributed by atoms with Gasteiger partial charge in [0.15, 0.2) is 0 Å². The van der Waals surface area contributed by atoms with Crippen LogP contribution in [0, 0.1) is 12.8 Å². The van der Waals surface area contributed by atoms with Crippen LogP contribution in [0.4, 0.5) is 5.69 Å². The van der Waals surface area contributed by atoms with Crippen LogP contribution in [-0.2, 0) is 11.8 Å². The number of benzene rings is 2. The summed E-state index contributed by atoms with van der Waals surface area (Å²) in [5, 5.41) is 14.3. The Morgan fingerprint density at radius 1 is 1.11 bits per heavy atom. The molecule has 0 aliphatic heterocycles. The molecule has 0 spiro atoms. The first-order chi connectivity index (χ1) is 16.9. The summed E-state index contributed by atoms with van der Waals surface area (Å²) in [7, 11) is 0. The molecule has 1 amide bonds. The predicted molar refractivity (Wildman–Crippen MR) is 141 cm³/mol. The van der Waals surface area contributed by atoms with Gasteiger partial charge in [-0.3, -0.25) is 9.78 Å². The number of rotatable bonds is 5. The lowest BCUT2D eigenvalue weighted by Crippen LogP contribution is -2.48. The molecule has 4 heteroatoms. The number of carbonyl (C=O) groups is 1. The highest BCUT2D eigenvalue weighted by atomic mass is 16.3. The van der Waals surface area contributed by atoms with Crippen molar-refractivity contribution in [2.24, 2.45) is 5.92 Å². The zero-order chi connectivity index (χ0) is 24.5. The lowest BCUT2D eigenvalue weighted by Gasteiger charge is -2.50. The van der Waals surface area contributed by atoms with Gasteiger partial charge in [-0.25, -0.2) is 0 Å². The van der Waals surface area contributed by atoms with Gasteiger partial charge in [0.1, 0.15) is 0 Å². The van der Waals surface area contributed by atoms with Crippen LogP contribution in [0.2, 0.25) is 0 Å². The summed E-state index contributed by atoms with van der Waals surface area (Å²) in [5.74, 6) is 0.218. The lowest BCUT2D eigenvalue weighted by atomic mass is 9.55. The minimum atomic E-state index is -0.593. The van der Waals surface area contributed by atoms with E-state index in [4.69, 9.17) is 0 Å². The maximum absolute atomic E-state index is 13.1. The van der Waals surface area contributed by atoms with Crippen molar-refractivity contribution in [3.8, 4) is 0 Å². The number of amides is 1. The van der Waals surface area contributed by atoms with Crippen molar-refractivity contribution in [1.82, 2.24) is 4.98 Å². The van der Waals surface area contributed by atoms with Gasteiger partial charge >= 0.3 is 0 Å². The monoisotopic (exact) mass is 466 g/mol. The van der Waals surface area contributed by atoms with E-state index in [1.807, 2.05) is 31.2 Å². The molecule has 0 saturated heterocycles. The summed E-state index contributed by atoms with van der Waals surface area (Å²) in [4.78, 5) is 17.4. The fourth-order valence-electron chi connectivity index (χ4n) is 6.15. The first-order valence-electron chi connectivity index (χ1n) is 12.7. The highest BCUT2D eigenvalue weighted by Crippen LogP contribution is 2.53. The van der Waals surface area contributed by atoms with Crippen LogP contribution in [0.25, 0.3) is 6.08 Å². The molecule has 180 valence electrons. The molecule has 0 bridgehead atoms. The van der Waals surface area contributed by atoms with Gasteiger partial charge in [0.05, 0.1) is 17.0 Å². The highest BCUT2D eigenvalue weighted by molar-refractivity contribution is 6.05. The number of carbonyl (C=O) groups excluding carboxylic acids is 1. The first-order valence-corrected chi connectivity index (χ1v) is 12.7. The van der Waals surface area contributed by atoms with Crippen LogP contribution in [0.5, 0.6) is 0 Å². The van der Waals surface area contributed by atoms with Gasteiger partial charge in [-0.2, -0.15) is 0 Å².